The Morgan fingerprint density at radius 1 is 1.04 bits per heavy atom. The van der Waals surface area contributed by atoms with Crippen LogP contribution in [0.4, 0.5) is 5.69 Å². The zero-order valence-electron chi connectivity index (χ0n) is 14.1. The Bertz CT molecular complexity index is 738. The van der Waals surface area contributed by atoms with Gasteiger partial charge >= 0.3 is 0 Å². The fraction of sp³-hybridized carbons (Fsp3) is 0.278. The first kappa shape index (κ1) is 19.2. The molecule has 2 rings (SSSR count). The third-order valence-corrected chi connectivity index (χ3v) is 4.16. The van der Waals surface area contributed by atoms with Crippen molar-refractivity contribution < 1.29 is 14.3 Å². The number of carbonyl (C=O) groups is 1. The van der Waals surface area contributed by atoms with E-state index in [9.17, 15) is 4.79 Å². The number of hydrogen-bond acceptors (Lipinski definition) is 4. The minimum absolute atomic E-state index is 0.111. The van der Waals surface area contributed by atoms with E-state index in [4.69, 9.17) is 32.7 Å². The molecule has 0 heterocycles. The molecule has 0 aliphatic carbocycles. The van der Waals surface area contributed by atoms with E-state index in [1.54, 1.807) is 38.5 Å². The first-order valence-corrected chi connectivity index (χ1v) is 8.45. The van der Waals surface area contributed by atoms with E-state index in [1.165, 1.54) is 0 Å². The SMILES string of the molecule is COc1ccc(NCC(=O)NCCc2ccc(Cl)cc2Cl)cc1OC. The molecule has 25 heavy (non-hydrogen) atoms. The second-order valence-corrected chi connectivity index (χ2v) is 6.10. The number of nitrogens with one attached hydrogen (secondary N) is 2. The van der Waals surface area contributed by atoms with Crippen molar-refractivity contribution in [1.82, 2.24) is 5.32 Å². The Morgan fingerprint density at radius 3 is 2.48 bits per heavy atom. The standard InChI is InChI=1S/C18H20Cl2N2O3/c1-24-16-6-5-14(10-17(16)25-2)22-11-18(23)21-8-7-12-3-4-13(19)9-15(12)20/h3-6,9-10,22H,7-8,11H2,1-2H3,(H,21,23). The molecule has 0 aliphatic rings. The number of anilines is 1. The molecule has 2 aromatic rings. The number of carbonyl (C=O) groups excluding carboxylic acids is 1. The third kappa shape index (κ3) is 5.73. The van der Waals surface area contributed by atoms with E-state index in [0.29, 0.717) is 34.5 Å². The van der Waals surface area contributed by atoms with Crippen LogP contribution in [0.2, 0.25) is 10.0 Å². The van der Waals surface area contributed by atoms with Crippen molar-refractivity contribution in [2.45, 2.75) is 6.42 Å². The van der Waals surface area contributed by atoms with Gasteiger partial charge in [0, 0.05) is 28.3 Å². The zero-order valence-corrected chi connectivity index (χ0v) is 15.6. The molecule has 0 aliphatic heterocycles. The molecule has 0 atom stereocenters. The maximum Gasteiger partial charge on any atom is 0.239 e. The van der Waals surface area contributed by atoms with Gasteiger partial charge in [-0.2, -0.15) is 0 Å². The Labute approximate surface area is 157 Å². The van der Waals surface area contributed by atoms with E-state index < -0.39 is 0 Å². The smallest absolute Gasteiger partial charge is 0.239 e. The van der Waals surface area contributed by atoms with Crippen LogP contribution in [0, 0.1) is 0 Å². The summed E-state index contributed by atoms with van der Waals surface area (Å²) >= 11 is 12.0. The molecule has 0 saturated heterocycles. The number of ether oxygens (including phenoxy) is 2. The lowest BCUT2D eigenvalue weighted by Gasteiger charge is -2.11. The number of amides is 1. The number of benzene rings is 2. The van der Waals surface area contributed by atoms with Crippen LogP contribution < -0.4 is 20.1 Å². The molecule has 5 nitrogen and oxygen atoms in total. The van der Waals surface area contributed by atoms with Crippen LogP contribution in [-0.2, 0) is 11.2 Å². The first-order valence-electron chi connectivity index (χ1n) is 7.70. The Kier molecular flexibility index (Phi) is 7.22. The molecule has 0 bridgehead atoms. The zero-order chi connectivity index (χ0) is 18.2. The summed E-state index contributed by atoms with van der Waals surface area (Å²) in [6.07, 6.45) is 0.637. The van der Waals surface area contributed by atoms with Gasteiger partial charge in [-0.05, 0) is 36.2 Å². The van der Waals surface area contributed by atoms with Crippen LogP contribution in [0.25, 0.3) is 0 Å². The molecule has 2 aromatic carbocycles. The molecule has 0 fully saturated rings. The van der Waals surface area contributed by atoms with Gasteiger partial charge in [0.15, 0.2) is 11.5 Å². The lowest BCUT2D eigenvalue weighted by molar-refractivity contribution is -0.119. The van der Waals surface area contributed by atoms with Crippen molar-refractivity contribution in [2.24, 2.45) is 0 Å². The van der Waals surface area contributed by atoms with Gasteiger partial charge in [0.25, 0.3) is 0 Å². The van der Waals surface area contributed by atoms with Crippen molar-refractivity contribution in [3.63, 3.8) is 0 Å². The Hall–Kier alpha value is -2.11. The predicted molar refractivity (Wildman–Crippen MR) is 101 cm³/mol. The van der Waals surface area contributed by atoms with Crippen LogP contribution >= 0.6 is 23.2 Å². The molecule has 2 N–H and O–H groups in total. The summed E-state index contributed by atoms with van der Waals surface area (Å²) in [5.41, 5.74) is 1.72. The van der Waals surface area contributed by atoms with Gasteiger partial charge in [0.2, 0.25) is 5.91 Å². The Morgan fingerprint density at radius 2 is 1.80 bits per heavy atom. The lowest BCUT2D eigenvalue weighted by Crippen LogP contribution is -2.31. The molecule has 1 amide bonds. The van der Waals surface area contributed by atoms with Gasteiger partial charge in [-0.1, -0.05) is 29.3 Å². The fourth-order valence-corrected chi connectivity index (χ4v) is 2.76. The minimum atomic E-state index is -0.111. The summed E-state index contributed by atoms with van der Waals surface area (Å²) in [6, 6.07) is 10.7. The highest BCUT2D eigenvalue weighted by atomic mass is 35.5. The van der Waals surface area contributed by atoms with Gasteiger partial charge in [0.1, 0.15) is 0 Å². The summed E-state index contributed by atoms with van der Waals surface area (Å²) in [5, 5.41) is 7.09. The quantitative estimate of drug-likeness (QED) is 0.729. The van der Waals surface area contributed by atoms with Gasteiger partial charge in [-0.15, -0.1) is 0 Å². The second-order valence-electron chi connectivity index (χ2n) is 5.26. The van der Waals surface area contributed by atoms with Gasteiger partial charge in [0.05, 0.1) is 20.8 Å². The first-order chi connectivity index (χ1) is 12.0. The topological polar surface area (TPSA) is 59.6 Å². The van der Waals surface area contributed by atoms with Crippen LogP contribution in [0.15, 0.2) is 36.4 Å². The van der Waals surface area contributed by atoms with E-state index in [-0.39, 0.29) is 12.5 Å². The summed E-state index contributed by atoms with van der Waals surface area (Å²) in [6.45, 7) is 0.650. The summed E-state index contributed by atoms with van der Waals surface area (Å²) < 4.78 is 10.4. The number of methoxy groups -OCH3 is 2. The lowest BCUT2D eigenvalue weighted by atomic mass is 10.1. The predicted octanol–water partition coefficient (Wildman–Crippen LogP) is 3.78. The van der Waals surface area contributed by atoms with Gasteiger partial charge in [-0.25, -0.2) is 0 Å². The molecule has 7 heteroatoms. The van der Waals surface area contributed by atoms with Crippen molar-refractivity contribution in [3.05, 3.63) is 52.0 Å². The third-order valence-electron chi connectivity index (χ3n) is 3.57. The highest BCUT2D eigenvalue weighted by molar-refractivity contribution is 6.35. The van der Waals surface area contributed by atoms with E-state index >= 15 is 0 Å². The maximum atomic E-state index is 11.9. The molecular formula is C18H20Cl2N2O3. The van der Waals surface area contributed by atoms with E-state index in [0.717, 1.165) is 11.3 Å². The number of halogens is 2. The maximum absolute atomic E-state index is 11.9. The highest BCUT2D eigenvalue weighted by Crippen LogP contribution is 2.29. The molecule has 134 valence electrons. The minimum Gasteiger partial charge on any atom is -0.493 e. The summed E-state index contributed by atoms with van der Waals surface area (Å²) in [7, 11) is 3.14. The largest absolute Gasteiger partial charge is 0.493 e. The van der Waals surface area contributed by atoms with Crippen molar-refractivity contribution >= 4 is 34.8 Å². The monoisotopic (exact) mass is 382 g/mol. The van der Waals surface area contributed by atoms with Crippen molar-refractivity contribution in [2.75, 3.05) is 32.6 Å². The van der Waals surface area contributed by atoms with Crippen LogP contribution in [0.3, 0.4) is 0 Å². The van der Waals surface area contributed by atoms with Gasteiger partial charge in [-0.3, -0.25) is 4.79 Å². The molecule has 0 aromatic heterocycles. The number of rotatable bonds is 8. The average Bonchev–Trinajstić information content (AvgIpc) is 2.61. The summed E-state index contributed by atoms with van der Waals surface area (Å²) in [4.78, 5) is 11.9. The molecule has 0 spiro atoms. The molecule has 0 unspecified atom stereocenters. The fourth-order valence-electron chi connectivity index (χ4n) is 2.25. The normalized spacial score (nSPS) is 10.2. The molecule has 0 radical (unpaired) electrons. The second kappa shape index (κ2) is 9.39. The van der Waals surface area contributed by atoms with Crippen LogP contribution in [-0.4, -0.2) is 33.2 Å². The highest BCUT2D eigenvalue weighted by Gasteiger charge is 2.07. The Balaban J connectivity index is 1.79. The van der Waals surface area contributed by atoms with Crippen molar-refractivity contribution in [3.8, 4) is 11.5 Å². The molecular weight excluding hydrogens is 363 g/mol. The number of hydrogen-bond donors (Lipinski definition) is 2. The molecule has 0 saturated carbocycles. The van der Waals surface area contributed by atoms with Crippen LogP contribution in [0.1, 0.15) is 5.56 Å². The van der Waals surface area contributed by atoms with Crippen molar-refractivity contribution in [1.29, 1.82) is 0 Å². The van der Waals surface area contributed by atoms with Crippen LogP contribution in [0.5, 0.6) is 11.5 Å². The summed E-state index contributed by atoms with van der Waals surface area (Å²) in [5.74, 6) is 1.13. The van der Waals surface area contributed by atoms with E-state index in [2.05, 4.69) is 10.6 Å². The van der Waals surface area contributed by atoms with Gasteiger partial charge < -0.3 is 20.1 Å². The van der Waals surface area contributed by atoms with E-state index in [1.807, 2.05) is 12.1 Å². The average molecular weight is 383 g/mol.